The molecule has 5 nitrogen and oxygen atoms in total. The van der Waals surface area contributed by atoms with Gasteiger partial charge in [0.05, 0.1) is 41.3 Å². The smallest absolute Gasteiger partial charge is 0.374 e. The minimum atomic E-state index is -2.52. The Morgan fingerprint density at radius 3 is 1.03 bits per heavy atom. The van der Waals surface area contributed by atoms with Crippen LogP contribution in [0.25, 0.3) is 0 Å². The lowest BCUT2D eigenvalue weighted by atomic mass is 10.0. The summed E-state index contributed by atoms with van der Waals surface area (Å²) in [4.78, 5) is 0. The molecule has 0 N–H and O–H groups in total. The molecule has 0 aromatic heterocycles. The van der Waals surface area contributed by atoms with Crippen molar-refractivity contribution in [2.75, 3.05) is 74.2 Å². The second-order valence-corrected chi connectivity index (χ2v) is 15.9. The quantitative estimate of drug-likeness (QED) is 0.0487. The summed E-state index contributed by atoms with van der Waals surface area (Å²) >= 11 is 0. The predicted octanol–water partition coefficient (Wildman–Crippen LogP) is 8.84. The first-order chi connectivity index (χ1) is 18.7. The summed E-state index contributed by atoms with van der Waals surface area (Å²) in [6.07, 6.45) is 24.1. The summed E-state index contributed by atoms with van der Waals surface area (Å²) < 4.78 is 20.3. The molecule has 0 saturated carbocycles. The molecule has 236 valence electrons. The first kappa shape index (κ1) is 39.0. The lowest BCUT2D eigenvalue weighted by Gasteiger charge is -2.36. The van der Waals surface area contributed by atoms with E-state index in [-0.39, 0.29) is 0 Å². The van der Waals surface area contributed by atoms with Crippen molar-refractivity contribution in [2.45, 2.75) is 143 Å². The van der Waals surface area contributed by atoms with Crippen LogP contribution in [-0.4, -0.2) is 92.0 Å². The molecule has 0 saturated heterocycles. The van der Waals surface area contributed by atoms with E-state index in [2.05, 4.69) is 35.1 Å². The van der Waals surface area contributed by atoms with Crippen molar-refractivity contribution in [3.8, 4) is 0 Å². The SMILES string of the molecule is CCCCCCCCCCCCCCCCCC[N+](C)(C)CC[N+](C)(C)CCC[Si](OCC)(OCC)OCC. The standard InChI is InChI=1S/C33H74N2O3Si/c1-9-13-14-15-16-17-18-19-20-21-22-23-24-25-26-27-29-34(5,6)31-32-35(7,8)30-28-33-39(36-10-2,37-11-3)38-12-4/h9-33H2,1-8H3/q+2. The highest BCUT2D eigenvalue weighted by Gasteiger charge is 2.40. The van der Waals surface area contributed by atoms with Crippen LogP contribution in [-0.2, 0) is 13.3 Å². The first-order valence-corrected chi connectivity index (χ1v) is 19.1. The van der Waals surface area contributed by atoms with Gasteiger partial charge in [-0.3, -0.25) is 0 Å². The Morgan fingerprint density at radius 2 is 0.692 bits per heavy atom. The first-order valence-electron chi connectivity index (χ1n) is 17.2. The second kappa shape index (κ2) is 24.6. The summed E-state index contributed by atoms with van der Waals surface area (Å²) in [5, 5.41) is 0. The minimum Gasteiger partial charge on any atom is -0.374 e. The fraction of sp³-hybridized carbons (Fsp3) is 1.00. The maximum atomic E-state index is 6.05. The number of nitrogens with zero attached hydrogens (tertiary/aromatic N) is 2. The molecule has 0 radical (unpaired) electrons. The third-order valence-corrected chi connectivity index (χ3v) is 11.4. The van der Waals surface area contributed by atoms with Crippen molar-refractivity contribution >= 4 is 8.80 Å². The lowest BCUT2D eigenvalue weighted by Crippen LogP contribution is -2.52. The zero-order chi connectivity index (χ0) is 29.3. The van der Waals surface area contributed by atoms with Crippen molar-refractivity contribution in [1.82, 2.24) is 0 Å². The van der Waals surface area contributed by atoms with Crippen molar-refractivity contribution < 1.29 is 22.2 Å². The Balaban J connectivity index is 3.89. The van der Waals surface area contributed by atoms with Gasteiger partial charge < -0.3 is 22.2 Å². The van der Waals surface area contributed by atoms with E-state index in [1.165, 1.54) is 122 Å². The highest BCUT2D eigenvalue weighted by molar-refractivity contribution is 6.60. The number of unbranched alkanes of at least 4 members (excludes halogenated alkanes) is 15. The average Bonchev–Trinajstić information content (AvgIpc) is 2.88. The van der Waals surface area contributed by atoms with E-state index in [4.69, 9.17) is 13.3 Å². The molecule has 0 unspecified atom stereocenters. The Morgan fingerprint density at radius 1 is 0.385 bits per heavy atom. The van der Waals surface area contributed by atoms with E-state index >= 15 is 0 Å². The van der Waals surface area contributed by atoms with E-state index in [9.17, 15) is 0 Å². The van der Waals surface area contributed by atoms with Crippen LogP contribution in [0, 0.1) is 0 Å². The van der Waals surface area contributed by atoms with Crippen molar-refractivity contribution in [1.29, 1.82) is 0 Å². The molecule has 0 amide bonds. The van der Waals surface area contributed by atoms with Crippen molar-refractivity contribution in [3.63, 3.8) is 0 Å². The lowest BCUT2D eigenvalue weighted by molar-refractivity contribution is -0.946. The Kier molecular flexibility index (Phi) is 24.6. The molecule has 6 heteroatoms. The van der Waals surface area contributed by atoms with Gasteiger partial charge in [0.1, 0.15) is 13.1 Å². The van der Waals surface area contributed by atoms with Gasteiger partial charge in [-0.05, 0) is 33.6 Å². The molecule has 0 aromatic carbocycles. The van der Waals surface area contributed by atoms with Gasteiger partial charge in [-0.1, -0.05) is 96.8 Å². The van der Waals surface area contributed by atoms with E-state index in [1.54, 1.807) is 0 Å². The van der Waals surface area contributed by atoms with Gasteiger partial charge in [0.25, 0.3) is 0 Å². The Labute approximate surface area is 247 Å². The minimum absolute atomic E-state index is 0.662. The number of quaternary nitrogens is 2. The Hall–Kier alpha value is 0.0169. The van der Waals surface area contributed by atoms with Crippen LogP contribution in [0.5, 0.6) is 0 Å². The molecule has 0 aliphatic carbocycles. The largest absolute Gasteiger partial charge is 0.501 e. The molecular weight excluding hydrogens is 500 g/mol. The molecule has 0 aliphatic rings. The Bertz CT molecular complexity index is 514. The third-order valence-electron chi connectivity index (χ3n) is 8.27. The summed E-state index contributed by atoms with van der Waals surface area (Å²) in [6, 6.07) is 0.918. The van der Waals surface area contributed by atoms with Crippen LogP contribution in [0.15, 0.2) is 0 Å². The monoisotopic (exact) mass is 575 g/mol. The van der Waals surface area contributed by atoms with Gasteiger partial charge in [-0.25, -0.2) is 0 Å². The van der Waals surface area contributed by atoms with Crippen LogP contribution < -0.4 is 0 Å². The third kappa shape index (κ3) is 23.3. The maximum Gasteiger partial charge on any atom is 0.501 e. The summed E-state index contributed by atoms with van der Waals surface area (Å²) in [6.45, 7) is 15.3. The summed E-state index contributed by atoms with van der Waals surface area (Å²) in [5.41, 5.74) is 0. The van der Waals surface area contributed by atoms with Gasteiger partial charge in [-0.15, -0.1) is 0 Å². The fourth-order valence-corrected chi connectivity index (χ4v) is 8.17. The highest BCUT2D eigenvalue weighted by atomic mass is 28.4. The summed E-state index contributed by atoms with van der Waals surface area (Å²) in [7, 11) is 7.07. The number of hydrogen-bond acceptors (Lipinski definition) is 3. The van der Waals surface area contributed by atoms with E-state index in [1.807, 2.05) is 20.8 Å². The predicted molar refractivity (Wildman–Crippen MR) is 173 cm³/mol. The van der Waals surface area contributed by atoms with Gasteiger partial charge in [0.15, 0.2) is 0 Å². The molecule has 0 aromatic rings. The molecule has 0 rings (SSSR count). The van der Waals surface area contributed by atoms with Crippen LogP contribution in [0.3, 0.4) is 0 Å². The molecule has 0 heterocycles. The number of rotatable bonds is 30. The molecule has 0 aliphatic heterocycles. The molecule has 0 bridgehead atoms. The molecule has 0 fully saturated rings. The highest BCUT2D eigenvalue weighted by Crippen LogP contribution is 2.20. The van der Waals surface area contributed by atoms with Crippen LogP contribution in [0.1, 0.15) is 137 Å². The molecular formula is C33H74N2O3Si+2. The zero-order valence-electron chi connectivity index (χ0n) is 28.3. The van der Waals surface area contributed by atoms with Crippen molar-refractivity contribution in [3.05, 3.63) is 0 Å². The van der Waals surface area contributed by atoms with Crippen LogP contribution >= 0.6 is 0 Å². The van der Waals surface area contributed by atoms with E-state index in [0.29, 0.717) is 19.8 Å². The molecule has 0 spiro atoms. The van der Waals surface area contributed by atoms with Crippen LogP contribution in [0.2, 0.25) is 6.04 Å². The van der Waals surface area contributed by atoms with E-state index in [0.717, 1.165) is 28.0 Å². The maximum absolute atomic E-state index is 6.05. The van der Waals surface area contributed by atoms with Crippen molar-refractivity contribution in [2.24, 2.45) is 0 Å². The number of hydrogen-bond donors (Lipinski definition) is 0. The van der Waals surface area contributed by atoms with E-state index < -0.39 is 8.80 Å². The summed E-state index contributed by atoms with van der Waals surface area (Å²) in [5.74, 6) is 0. The van der Waals surface area contributed by atoms with Gasteiger partial charge >= 0.3 is 8.80 Å². The molecule has 0 atom stereocenters. The van der Waals surface area contributed by atoms with Gasteiger partial charge in [0, 0.05) is 32.3 Å². The zero-order valence-corrected chi connectivity index (χ0v) is 29.3. The van der Waals surface area contributed by atoms with Gasteiger partial charge in [-0.2, -0.15) is 0 Å². The van der Waals surface area contributed by atoms with Gasteiger partial charge in [0.2, 0.25) is 0 Å². The second-order valence-electron chi connectivity index (χ2n) is 13.2. The van der Waals surface area contributed by atoms with Crippen LogP contribution in [0.4, 0.5) is 0 Å². The topological polar surface area (TPSA) is 27.7 Å². The molecule has 39 heavy (non-hydrogen) atoms. The average molecular weight is 575 g/mol. The number of likely N-dealkylation sites (N-methyl/N-ethyl adjacent to an activating group) is 2. The fourth-order valence-electron chi connectivity index (χ4n) is 5.58. The normalized spacial score (nSPS) is 12.9.